The second-order valence-corrected chi connectivity index (χ2v) is 6.30. The minimum absolute atomic E-state index is 0.309. The van der Waals surface area contributed by atoms with Gasteiger partial charge in [0.05, 0.1) is 6.04 Å². The van der Waals surface area contributed by atoms with E-state index in [0.717, 1.165) is 35.3 Å². The van der Waals surface area contributed by atoms with Crippen molar-refractivity contribution >= 4 is 16.9 Å². The molecule has 1 aliphatic carbocycles. The van der Waals surface area contributed by atoms with E-state index >= 15 is 0 Å². The molecule has 0 saturated carbocycles. The van der Waals surface area contributed by atoms with Gasteiger partial charge in [0.15, 0.2) is 5.82 Å². The van der Waals surface area contributed by atoms with E-state index in [1.807, 2.05) is 24.4 Å². The Morgan fingerprint density at radius 3 is 2.96 bits per heavy atom. The third-order valence-corrected chi connectivity index (χ3v) is 4.80. The number of anilines is 1. The maximum absolute atomic E-state index is 4.73. The van der Waals surface area contributed by atoms with Gasteiger partial charge in [-0.05, 0) is 42.2 Å². The standard InChI is InChI=1S/C20H17N5/c1-2-5-14-13(4-1)7-8-17(14)24-18-9-11-22-20(25-18)16-12-23-19-15(16)6-3-10-21-19/h1-6,9-12,17H,7-8H2,(H,21,23)(H,22,24,25)/t17-/m0/s1. The quantitative estimate of drug-likeness (QED) is 0.594. The van der Waals surface area contributed by atoms with Crippen LogP contribution in [0, 0.1) is 0 Å². The van der Waals surface area contributed by atoms with Gasteiger partial charge in [-0.3, -0.25) is 0 Å². The van der Waals surface area contributed by atoms with Crippen molar-refractivity contribution < 1.29 is 0 Å². The molecule has 122 valence electrons. The van der Waals surface area contributed by atoms with Crippen LogP contribution in [0.15, 0.2) is 61.1 Å². The number of benzene rings is 1. The lowest BCUT2D eigenvalue weighted by atomic mass is 10.1. The van der Waals surface area contributed by atoms with Crippen molar-refractivity contribution in [3.05, 3.63) is 72.2 Å². The Bertz CT molecular complexity index is 1050. The monoisotopic (exact) mass is 327 g/mol. The summed E-state index contributed by atoms with van der Waals surface area (Å²) < 4.78 is 0. The van der Waals surface area contributed by atoms with E-state index in [4.69, 9.17) is 4.98 Å². The van der Waals surface area contributed by atoms with E-state index in [-0.39, 0.29) is 0 Å². The van der Waals surface area contributed by atoms with E-state index in [1.54, 1.807) is 12.4 Å². The van der Waals surface area contributed by atoms with E-state index in [2.05, 4.69) is 44.5 Å². The third-order valence-electron chi connectivity index (χ3n) is 4.80. The van der Waals surface area contributed by atoms with Crippen molar-refractivity contribution in [3.8, 4) is 11.4 Å². The number of rotatable bonds is 3. The Balaban J connectivity index is 1.48. The molecule has 4 aromatic rings. The number of hydrogen-bond acceptors (Lipinski definition) is 4. The van der Waals surface area contributed by atoms with Gasteiger partial charge in [0, 0.05) is 29.5 Å². The first-order chi connectivity index (χ1) is 12.4. The summed E-state index contributed by atoms with van der Waals surface area (Å²) in [6.07, 6.45) is 7.71. The van der Waals surface area contributed by atoms with Crippen LogP contribution in [0.2, 0.25) is 0 Å². The van der Waals surface area contributed by atoms with Crippen LogP contribution >= 0.6 is 0 Å². The van der Waals surface area contributed by atoms with E-state index in [9.17, 15) is 0 Å². The molecule has 1 atom stereocenters. The molecule has 25 heavy (non-hydrogen) atoms. The van der Waals surface area contributed by atoms with Crippen molar-refractivity contribution in [2.24, 2.45) is 0 Å². The largest absolute Gasteiger partial charge is 0.363 e. The molecule has 0 radical (unpaired) electrons. The van der Waals surface area contributed by atoms with Crippen LogP contribution in [0.1, 0.15) is 23.6 Å². The fourth-order valence-corrected chi connectivity index (χ4v) is 3.60. The molecule has 1 aliphatic rings. The van der Waals surface area contributed by atoms with E-state index < -0.39 is 0 Å². The number of fused-ring (bicyclic) bond motifs is 2. The number of hydrogen-bond donors (Lipinski definition) is 2. The van der Waals surface area contributed by atoms with Crippen molar-refractivity contribution in [1.29, 1.82) is 0 Å². The third kappa shape index (κ3) is 2.45. The van der Waals surface area contributed by atoms with Crippen LogP contribution in [0.4, 0.5) is 5.82 Å². The van der Waals surface area contributed by atoms with Crippen molar-refractivity contribution in [3.63, 3.8) is 0 Å². The summed E-state index contributed by atoms with van der Waals surface area (Å²) in [6, 6.07) is 14.8. The van der Waals surface area contributed by atoms with Crippen molar-refractivity contribution in [1.82, 2.24) is 19.9 Å². The Morgan fingerprint density at radius 1 is 1.00 bits per heavy atom. The highest BCUT2D eigenvalue weighted by molar-refractivity contribution is 5.91. The zero-order valence-electron chi connectivity index (χ0n) is 13.6. The summed E-state index contributed by atoms with van der Waals surface area (Å²) in [5, 5.41) is 4.60. The molecule has 0 aliphatic heterocycles. The minimum atomic E-state index is 0.309. The molecular formula is C20H17N5. The Labute approximate surface area is 145 Å². The molecule has 5 rings (SSSR count). The topological polar surface area (TPSA) is 66.5 Å². The highest BCUT2D eigenvalue weighted by Gasteiger charge is 2.22. The molecule has 0 spiro atoms. The predicted octanol–water partition coefficient (Wildman–Crippen LogP) is 4.12. The van der Waals surface area contributed by atoms with Crippen LogP contribution in [-0.4, -0.2) is 19.9 Å². The molecule has 1 aromatic carbocycles. The predicted molar refractivity (Wildman–Crippen MR) is 98.2 cm³/mol. The number of pyridine rings is 1. The number of aromatic amines is 1. The molecule has 0 unspecified atom stereocenters. The van der Waals surface area contributed by atoms with Crippen LogP contribution in [0.25, 0.3) is 22.4 Å². The van der Waals surface area contributed by atoms with Gasteiger partial charge in [0.1, 0.15) is 11.5 Å². The molecule has 3 aromatic heterocycles. The molecule has 5 nitrogen and oxygen atoms in total. The fourth-order valence-electron chi connectivity index (χ4n) is 3.60. The average Bonchev–Trinajstić information content (AvgIpc) is 3.27. The SMILES string of the molecule is c1ccc2c(c1)CC[C@@H]2Nc1ccnc(-c2c[nH]c3ncccc23)n1. The Morgan fingerprint density at radius 2 is 1.96 bits per heavy atom. The summed E-state index contributed by atoms with van der Waals surface area (Å²) in [6.45, 7) is 0. The number of aromatic nitrogens is 4. The van der Waals surface area contributed by atoms with Crippen LogP contribution in [-0.2, 0) is 6.42 Å². The van der Waals surface area contributed by atoms with Gasteiger partial charge in [-0.2, -0.15) is 0 Å². The van der Waals surface area contributed by atoms with Crippen molar-refractivity contribution in [2.75, 3.05) is 5.32 Å². The van der Waals surface area contributed by atoms with Crippen LogP contribution in [0.5, 0.6) is 0 Å². The summed E-state index contributed by atoms with van der Waals surface area (Å²) in [5.41, 5.74) is 4.62. The Hall–Kier alpha value is -3.21. The highest BCUT2D eigenvalue weighted by Crippen LogP contribution is 2.33. The number of H-pyrrole nitrogens is 1. The zero-order chi connectivity index (χ0) is 16.6. The number of aryl methyl sites for hydroxylation is 1. The van der Waals surface area contributed by atoms with Crippen LogP contribution in [0.3, 0.4) is 0 Å². The lowest BCUT2D eigenvalue weighted by Crippen LogP contribution is -2.09. The molecular weight excluding hydrogens is 310 g/mol. The van der Waals surface area contributed by atoms with E-state index in [0.29, 0.717) is 11.9 Å². The Kier molecular flexibility index (Phi) is 3.23. The maximum atomic E-state index is 4.73. The molecule has 3 heterocycles. The lowest BCUT2D eigenvalue weighted by Gasteiger charge is -2.15. The second kappa shape index (κ2) is 5.70. The van der Waals surface area contributed by atoms with E-state index in [1.165, 1.54) is 11.1 Å². The highest BCUT2D eigenvalue weighted by atomic mass is 15.1. The smallest absolute Gasteiger partial charge is 0.163 e. The molecule has 0 amide bonds. The fraction of sp³-hybridized carbons (Fsp3) is 0.150. The van der Waals surface area contributed by atoms with Gasteiger partial charge in [-0.1, -0.05) is 24.3 Å². The summed E-state index contributed by atoms with van der Waals surface area (Å²) in [4.78, 5) is 16.7. The van der Waals surface area contributed by atoms with Gasteiger partial charge in [0.2, 0.25) is 0 Å². The molecule has 2 N–H and O–H groups in total. The molecule has 0 bridgehead atoms. The van der Waals surface area contributed by atoms with Gasteiger partial charge in [0.25, 0.3) is 0 Å². The molecule has 0 fully saturated rings. The van der Waals surface area contributed by atoms with Gasteiger partial charge in [-0.15, -0.1) is 0 Å². The van der Waals surface area contributed by atoms with Gasteiger partial charge >= 0.3 is 0 Å². The first-order valence-corrected chi connectivity index (χ1v) is 8.48. The maximum Gasteiger partial charge on any atom is 0.163 e. The first-order valence-electron chi connectivity index (χ1n) is 8.48. The average molecular weight is 327 g/mol. The summed E-state index contributed by atoms with van der Waals surface area (Å²) >= 11 is 0. The second-order valence-electron chi connectivity index (χ2n) is 6.30. The van der Waals surface area contributed by atoms with Crippen molar-refractivity contribution in [2.45, 2.75) is 18.9 Å². The van der Waals surface area contributed by atoms with Crippen LogP contribution < -0.4 is 5.32 Å². The first kappa shape index (κ1) is 14.2. The van der Waals surface area contributed by atoms with Gasteiger partial charge < -0.3 is 10.3 Å². The number of nitrogens with zero attached hydrogens (tertiary/aromatic N) is 3. The lowest BCUT2D eigenvalue weighted by molar-refractivity contribution is 0.757. The van der Waals surface area contributed by atoms with Gasteiger partial charge in [-0.25, -0.2) is 15.0 Å². The molecule has 0 saturated heterocycles. The normalized spacial score (nSPS) is 16.1. The summed E-state index contributed by atoms with van der Waals surface area (Å²) in [5.74, 6) is 1.56. The zero-order valence-corrected chi connectivity index (χ0v) is 13.6. The molecule has 5 heteroatoms. The minimum Gasteiger partial charge on any atom is -0.363 e. The summed E-state index contributed by atoms with van der Waals surface area (Å²) in [7, 11) is 0. The number of nitrogens with one attached hydrogen (secondary N) is 2.